The Hall–Kier alpha value is -2.14. The molecule has 2 heterocycles. The van der Waals surface area contributed by atoms with E-state index in [1.807, 2.05) is 25.1 Å². The molecule has 0 aliphatic carbocycles. The van der Waals surface area contributed by atoms with Crippen molar-refractivity contribution in [1.82, 2.24) is 9.97 Å². The first-order chi connectivity index (χ1) is 9.58. The Labute approximate surface area is 123 Å². The molecule has 0 aliphatic rings. The number of fused-ring (bicyclic) bond motifs is 1. The number of hydrogen-bond donors (Lipinski definition) is 2. The van der Waals surface area contributed by atoms with Crippen molar-refractivity contribution < 1.29 is 5.11 Å². The molecule has 0 spiro atoms. The molecule has 2 N–H and O–H groups in total. The number of benzene rings is 1. The lowest BCUT2D eigenvalue weighted by molar-refractivity contribution is 0.470. The monoisotopic (exact) mass is 330 g/mol. The first-order valence-electron chi connectivity index (χ1n) is 6.04. The summed E-state index contributed by atoms with van der Waals surface area (Å²) >= 11 is 3.41. The van der Waals surface area contributed by atoms with Crippen molar-refractivity contribution >= 4 is 26.8 Å². The Morgan fingerprint density at radius 1 is 1.30 bits per heavy atom. The number of H-pyrrole nitrogens is 1. The van der Waals surface area contributed by atoms with Crippen LogP contribution >= 0.6 is 15.9 Å². The summed E-state index contributed by atoms with van der Waals surface area (Å²) in [6.45, 7) is 1.85. The average Bonchev–Trinajstić information content (AvgIpc) is 2.42. The largest absolute Gasteiger partial charge is 0.503 e. The van der Waals surface area contributed by atoms with Crippen LogP contribution in [0.4, 0.5) is 0 Å². The molecule has 100 valence electrons. The smallest absolute Gasteiger partial charge is 0.291 e. The number of rotatable bonds is 1. The van der Waals surface area contributed by atoms with Crippen LogP contribution in [-0.2, 0) is 0 Å². The van der Waals surface area contributed by atoms with Crippen LogP contribution in [0.15, 0.2) is 45.8 Å². The predicted molar refractivity (Wildman–Crippen MR) is 81.9 cm³/mol. The minimum atomic E-state index is -0.502. The molecule has 0 unspecified atom stereocenters. The highest BCUT2D eigenvalue weighted by atomic mass is 79.9. The van der Waals surface area contributed by atoms with E-state index >= 15 is 0 Å². The van der Waals surface area contributed by atoms with Gasteiger partial charge in [0, 0.05) is 38.4 Å². The van der Waals surface area contributed by atoms with E-state index in [4.69, 9.17) is 0 Å². The number of hydrogen-bond acceptors (Lipinski definition) is 3. The van der Waals surface area contributed by atoms with Gasteiger partial charge < -0.3 is 10.1 Å². The second kappa shape index (κ2) is 4.76. The maximum absolute atomic E-state index is 11.9. The molecule has 3 rings (SSSR count). The maximum Gasteiger partial charge on any atom is 0.291 e. The van der Waals surface area contributed by atoms with Crippen LogP contribution in [0, 0.1) is 6.92 Å². The van der Waals surface area contributed by atoms with Crippen molar-refractivity contribution in [2.45, 2.75) is 6.92 Å². The number of aromatic amines is 1. The first kappa shape index (κ1) is 12.9. The van der Waals surface area contributed by atoms with Crippen LogP contribution in [0.5, 0.6) is 5.75 Å². The fraction of sp³-hybridized carbons (Fsp3) is 0.0667. The Balaban J connectivity index is 2.51. The molecule has 0 radical (unpaired) electrons. The molecule has 0 fully saturated rings. The van der Waals surface area contributed by atoms with Crippen LogP contribution in [0.25, 0.3) is 22.0 Å². The molecule has 0 saturated heterocycles. The molecule has 0 aliphatic heterocycles. The van der Waals surface area contributed by atoms with E-state index in [2.05, 4.69) is 25.9 Å². The fourth-order valence-corrected chi connectivity index (χ4v) is 2.64. The lowest BCUT2D eigenvalue weighted by Gasteiger charge is -2.11. The van der Waals surface area contributed by atoms with Gasteiger partial charge in [-0.1, -0.05) is 22.0 Å². The third-order valence-electron chi connectivity index (χ3n) is 3.23. The number of nitrogens with zero attached hydrogens (tertiary/aromatic N) is 1. The number of aryl methyl sites for hydroxylation is 1. The molecule has 3 aromatic rings. The summed E-state index contributed by atoms with van der Waals surface area (Å²) in [6, 6.07) is 9.14. The molecule has 0 amide bonds. The standard InChI is InChI=1S/C15H11BrN2O2/c1-8-10(3-2-6-17-8)13-11-7-9(16)4-5-12(11)18-15(20)14(13)19/h2-7,19H,1H3,(H,18,20). The predicted octanol–water partition coefficient (Wildman–Crippen LogP) is 3.37. The normalized spacial score (nSPS) is 10.9. The highest BCUT2D eigenvalue weighted by Crippen LogP contribution is 2.35. The summed E-state index contributed by atoms with van der Waals surface area (Å²) in [5, 5.41) is 10.9. The summed E-state index contributed by atoms with van der Waals surface area (Å²) in [7, 11) is 0. The molecule has 0 bridgehead atoms. The van der Waals surface area contributed by atoms with Gasteiger partial charge in [-0.05, 0) is 31.2 Å². The van der Waals surface area contributed by atoms with Crippen LogP contribution < -0.4 is 5.56 Å². The summed E-state index contributed by atoms with van der Waals surface area (Å²) in [6.07, 6.45) is 1.68. The van der Waals surface area contributed by atoms with Crippen LogP contribution in [0.1, 0.15) is 5.69 Å². The molecule has 0 atom stereocenters. The zero-order chi connectivity index (χ0) is 14.3. The van der Waals surface area contributed by atoms with Crippen molar-refractivity contribution in [2.75, 3.05) is 0 Å². The molecule has 5 heteroatoms. The van der Waals surface area contributed by atoms with Gasteiger partial charge in [-0.15, -0.1) is 0 Å². The summed E-state index contributed by atoms with van der Waals surface area (Å²) in [5.41, 5.74) is 2.19. The number of pyridine rings is 2. The number of aromatic nitrogens is 2. The van der Waals surface area contributed by atoms with E-state index < -0.39 is 5.56 Å². The lowest BCUT2D eigenvalue weighted by atomic mass is 9.99. The zero-order valence-corrected chi connectivity index (χ0v) is 12.2. The van der Waals surface area contributed by atoms with Crippen molar-refractivity contribution in [3.05, 3.63) is 57.0 Å². The molecule has 0 saturated carbocycles. The van der Waals surface area contributed by atoms with Crippen molar-refractivity contribution in [3.63, 3.8) is 0 Å². The highest BCUT2D eigenvalue weighted by Gasteiger charge is 2.15. The lowest BCUT2D eigenvalue weighted by Crippen LogP contribution is -2.07. The van der Waals surface area contributed by atoms with Crippen LogP contribution in [-0.4, -0.2) is 15.1 Å². The zero-order valence-electron chi connectivity index (χ0n) is 10.6. The number of aromatic hydroxyl groups is 1. The van der Waals surface area contributed by atoms with Gasteiger partial charge >= 0.3 is 0 Å². The molecular weight excluding hydrogens is 320 g/mol. The van der Waals surface area contributed by atoms with E-state index in [-0.39, 0.29) is 5.75 Å². The maximum atomic E-state index is 11.9. The minimum Gasteiger partial charge on any atom is -0.503 e. The first-order valence-corrected chi connectivity index (χ1v) is 6.83. The number of nitrogens with one attached hydrogen (secondary N) is 1. The topological polar surface area (TPSA) is 66.0 Å². The Morgan fingerprint density at radius 3 is 2.85 bits per heavy atom. The molecule has 2 aromatic heterocycles. The Kier molecular flexibility index (Phi) is 3.06. The molecular formula is C15H11BrN2O2. The van der Waals surface area contributed by atoms with Gasteiger partial charge in [-0.2, -0.15) is 0 Å². The summed E-state index contributed by atoms with van der Waals surface area (Å²) in [5.74, 6) is -0.285. The fourth-order valence-electron chi connectivity index (χ4n) is 2.28. The second-order valence-corrected chi connectivity index (χ2v) is 5.42. The van der Waals surface area contributed by atoms with Gasteiger partial charge in [-0.3, -0.25) is 9.78 Å². The third kappa shape index (κ3) is 2.00. The van der Waals surface area contributed by atoms with Crippen molar-refractivity contribution in [2.24, 2.45) is 0 Å². The second-order valence-electron chi connectivity index (χ2n) is 4.50. The highest BCUT2D eigenvalue weighted by molar-refractivity contribution is 9.10. The minimum absolute atomic E-state index is 0.285. The SMILES string of the molecule is Cc1ncccc1-c1c(O)c(=O)[nH]c2ccc(Br)cc12. The van der Waals surface area contributed by atoms with E-state index in [0.717, 1.165) is 21.1 Å². The molecule has 4 nitrogen and oxygen atoms in total. The Morgan fingerprint density at radius 2 is 2.10 bits per heavy atom. The van der Waals surface area contributed by atoms with Crippen molar-refractivity contribution in [3.8, 4) is 16.9 Å². The van der Waals surface area contributed by atoms with E-state index in [0.29, 0.717) is 11.1 Å². The van der Waals surface area contributed by atoms with Crippen LogP contribution in [0.2, 0.25) is 0 Å². The van der Waals surface area contributed by atoms with Gasteiger partial charge in [0.1, 0.15) is 0 Å². The quantitative estimate of drug-likeness (QED) is 0.718. The number of halogens is 1. The van der Waals surface area contributed by atoms with E-state index in [1.54, 1.807) is 18.3 Å². The van der Waals surface area contributed by atoms with Crippen molar-refractivity contribution in [1.29, 1.82) is 0 Å². The molecule has 1 aromatic carbocycles. The third-order valence-corrected chi connectivity index (χ3v) is 3.72. The summed E-state index contributed by atoms with van der Waals surface area (Å²) < 4.78 is 0.874. The average molecular weight is 331 g/mol. The Bertz CT molecular complexity index is 871. The van der Waals surface area contributed by atoms with Crippen LogP contribution in [0.3, 0.4) is 0 Å². The van der Waals surface area contributed by atoms with E-state index in [9.17, 15) is 9.90 Å². The van der Waals surface area contributed by atoms with Gasteiger partial charge in [0.15, 0.2) is 5.75 Å². The molecule has 20 heavy (non-hydrogen) atoms. The van der Waals surface area contributed by atoms with Gasteiger partial charge in [0.25, 0.3) is 5.56 Å². The van der Waals surface area contributed by atoms with E-state index in [1.165, 1.54) is 0 Å². The van der Waals surface area contributed by atoms with Gasteiger partial charge in [0.05, 0.1) is 0 Å². The van der Waals surface area contributed by atoms with Gasteiger partial charge in [0.2, 0.25) is 0 Å². The van der Waals surface area contributed by atoms with Gasteiger partial charge in [-0.25, -0.2) is 0 Å². The summed E-state index contributed by atoms with van der Waals surface area (Å²) in [4.78, 5) is 18.8.